The summed E-state index contributed by atoms with van der Waals surface area (Å²) in [5.74, 6) is 0.360. The highest BCUT2D eigenvalue weighted by Crippen LogP contribution is 2.37. The second kappa shape index (κ2) is 5.86. The molecule has 0 N–H and O–H groups in total. The molecule has 25 heavy (non-hydrogen) atoms. The summed E-state index contributed by atoms with van der Waals surface area (Å²) in [5, 5.41) is 0. The zero-order valence-corrected chi connectivity index (χ0v) is 14.5. The third-order valence-corrected chi connectivity index (χ3v) is 6.59. The van der Waals surface area contributed by atoms with E-state index in [0.717, 1.165) is 0 Å². The molecule has 2 heterocycles. The molecule has 7 heteroatoms. The van der Waals surface area contributed by atoms with Crippen LogP contribution in [0.1, 0.15) is 6.42 Å². The Balaban J connectivity index is 1.75. The van der Waals surface area contributed by atoms with Crippen molar-refractivity contribution in [2.45, 2.75) is 23.5 Å². The van der Waals surface area contributed by atoms with Gasteiger partial charge in [0.05, 0.1) is 17.1 Å². The minimum atomic E-state index is -3.76. The molecule has 2 aliphatic rings. The van der Waals surface area contributed by atoms with E-state index < -0.39 is 16.1 Å². The highest BCUT2D eigenvalue weighted by atomic mass is 32.2. The predicted octanol–water partition coefficient (Wildman–Crippen LogP) is 1.87. The zero-order chi connectivity index (χ0) is 17.6. The molecule has 4 rings (SSSR count). The molecule has 0 aliphatic carbocycles. The first-order chi connectivity index (χ1) is 12.0. The summed E-state index contributed by atoms with van der Waals surface area (Å²) in [4.78, 5) is 14.6. The molecule has 2 aromatic carbocycles. The molecule has 0 saturated carbocycles. The Hall–Kier alpha value is -2.38. The molecule has 2 bridgehead atoms. The van der Waals surface area contributed by atoms with E-state index in [1.807, 2.05) is 12.1 Å². The summed E-state index contributed by atoms with van der Waals surface area (Å²) in [6.07, 6.45) is 0.00566. The van der Waals surface area contributed by atoms with Gasteiger partial charge in [0.15, 0.2) is 0 Å². The number of fused-ring (bicyclic) bond motifs is 3. The Bertz CT molecular complexity index is 914. The number of likely N-dealkylation sites (N-methyl/N-ethyl adjacent to an activating group) is 1. The summed E-state index contributed by atoms with van der Waals surface area (Å²) in [6.45, 7) is 0.163. The van der Waals surface area contributed by atoms with Crippen LogP contribution in [0.15, 0.2) is 59.5 Å². The first kappa shape index (κ1) is 16.1. The number of para-hydroxylation sites is 2. The van der Waals surface area contributed by atoms with Crippen molar-refractivity contribution in [3.63, 3.8) is 0 Å². The Morgan fingerprint density at radius 3 is 2.48 bits per heavy atom. The molecular formula is C18H18N2O4S. The summed E-state index contributed by atoms with van der Waals surface area (Å²) >= 11 is 0. The molecule has 0 spiro atoms. The molecule has 1 saturated heterocycles. The van der Waals surface area contributed by atoms with E-state index in [-0.39, 0.29) is 23.5 Å². The quantitative estimate of drug-likeness (QED) is 0.822. The number of rotatable bonds is 2. The Morgan fingerprint density at radius 1 is 1.04 bits per heavy atom. The van der Waals surface area contributed by atoms with Crippen LogP contribution >= 0.6 is 0 Å². The highest BCUT2D eigenvalue weighted by Gasteiger charge is 2.47. The number of carbonyl (C=O) groups is 1. The smallest absolute Gasteiger partial charge is 0.245 e. The fraction of sp³-hybridized carbons (Fsp3) is 0.278. The summed E-state index contributed by atoms with van der Waals surface area (Å²) in [5.41, 5.74) is 0.654. The monoisotopic (exact) mass is 358 g/mol. The van der Waals surface area contributed by atoms with E-state index in [4.69, 9.17) is 4.74 Å². The second-order valence-corrected chi connectivity index (χ2v) is 8.13. The van der Waals surface area contributed by atoms with Gasteiger partial charge < -0.3 is 9.64 Å². The van der Waals surface area contributed by atoms with Crippen molar-refractivity contribution in [2.24, 2.45) is 0 Å². The van der Waals surface area contributed by atoms with Gasteiger partial charge in [0.2, 0.25) is 15.9 Å². The van der Waals surface area contributed by atoms with Crippen molar-refractivity contribution in [3.05, 3.63) is 54.6 Å². The van der Waals surface area contributed by atoms with Crippen molar-refractivity contribution < 1.29 is 17.9 Å². The maximum atomic E-state index is 13.0. The van der Waals surface area contributed by atoms with Crippen molar-refractivity contribution in [2.75, 3.05) is 18.5 Å². The molecule has 2 aromatic rings. The van der Waals surface area contributed by atoms with Crippen molar-refractivity contribution >= 4 is 21.6 Å². The maximum Gasteiger partial charge on any atom is 0.245 e. The van der Waals surface area contributed by atoms with Gasteiger partial charge >= 0.3 is 0 Å². The van der Waals surface area contributed by atoms with E-state index in [9.17, 15) is 13.2 Å². The minimum absolute atomic E-state index is 0.163. The largest absolute Gasteiger partial charge is 0.487 e. The van der Waals surface area contributed by atoms with Gasteiger partial charge in [0.25, 0.3) is 0 Å². The number of nitrogens with zero attached hydrogens (tertiary/aromatic N) is 2. The van der Waals surface area contributed by atoms with E-state index in [0.29, 0.717) is 17.9 Å². The van der Waals surface area contributed by atoms with Crippen LogP contribution in [0.3, 0.4) is 0 Å². The average molecular weight is 358 g/mol. The fourth-order valence-corrected chi connectivity index (χ4v) is 5.07. The van der Waals surface area contributed by atoms with Gasteiger partial charge in [-0.2, -0.15) is 4.31 Å². The van der Waals surface area contributed by atoms with Gasteiger partial charge in [-0.15, -0.1) is 0 Å². The van der Waals surface area contributed by atoms with E-state index in [1.54, 1.807) is 49.5 Å². The number of anilines is 1. The van der Waals surface area contributed by atoms with Crippen LogP contribution in [0.5, 0.6) is 5.75 Å². The lowest BCUT2D eigenvalue weighted by Gasteiger charge is -2.28. The molecule has 1 fully saturated rings. The topological polar surface area (TPSA) is 66.9 Å². The molecule has 0 unspecified atom stereocenters. The van der Waals surface area contributed by atoms with E-state index in [1.165, 1.54) is 9.21 Å². The van der Waals surface area contributed by atoms with Gasteiger partial charge in [0, 0.05) is 13.5 Å². The van der Waals surface area contributed by atoms with Gasteiger partial charge in [-0.1, -0.05) is 30.3 Å². The number of sulfonamides is 1. The number of amides is 1. The normalized spacial score (nSPS) is 23.6. The molecule has 2 aliphatic heterocycles. The Kier molecular flexibility index (Phi) is 3.77. The Morgan fingerprint density at radius 2 is 1.72 bits per heavy atom. The lowest BCUT2D eigenvalue weighted by atomic mass is 10.1. The lowest BCUT2D eigenvalue weighted by Crippen LogP contribution is -2.46. The summed E-state index contributed by atoms with van der Waals surface area (Å²) in [6, 6.07) is 14.7. The first-order valence-corrected chi connectivity index (χ1v) is 9.52. The van der Waals surface area contributed by atoms with E-state index >= 15 is 0 Å². The van der Waals surface area contributed by atoms with Crippen LogP contribution < -0.4 is 9.64 Å². The van der Waals surface area contributed by atoms with Gasteiger partial charge in [-0.3, -0.25) is 4.79 Å². The number of ether oxygens (including phenoxy) is 1. The molecule has 130 valence electrons. The molecule has 0 radical (unpaired) electrons. The number of benzene rings is 2. The van der Waals surface area contributed by atoms with E-state index in [2.05, 4.69) is 0 Å². The van der Waals surface area contributed by atoms with Gasteiger partial charge in [-0.05, 0) is 24.3 Å². The maximum absolute atomic E-state index is 13.0. The summed E-state index contributed by atoms with van der Waals surface area (Å²) < 4.78 is 33.3. The minimum Gasteiger partial charge on any atom is -0.487 e. The SMILES string of the molecule is CN1C(=O)[C@@H]2C[C@@H](CN2S(=O)(=O)c2ccccc2)Oc2ccccc21. The third kappa shape index (κ3) is 2.60. The van der Waals surface area contributed by atoms with Crippen LogP contribution in [0.2, 0.25) is 0 Å². The molecule has 2 atom stereocenters. The van der Waals surface area contributed by atoms with Crippen LogP contribution in [0.4, 0.5) is 5.69 Å². The third-order valence-electron chi connectivity index (χ3n) is 4.70. The lowest BCUT2D eigenvalue weighted by molar-refractivity contribution is -0.121. The second-order valence-electron chi connectivity index (χ2n) is 6.24. The number of hydrogen-bond donors (Lipinski definition) is 0. The molecule has 1 amide bonds. The van der Waals surface area contributed by atoms with Crippen LogP contribution in [-0.2, 0) is 14.8 Å². The zero-order valence-electron chi connectivity index (χ0n) is 13.7. The average Bonchev–Trinajstić information content (AvgIpc) is 3.06. The highest BCUT2D eigenvalue weighted by molar-refractivity contribution is 7.89. The first-order valence-electron chi connectivity index (χ1n) is 8.08. The van der Waals surface area contributed by atoms with Crippen molar-refractivity contribution in [3.8, 4) is 5.75 Å². The predicted molar refractivity (Wildman–Crippen MR) is 93.0 cm³/mol. The standard InChI is InChI=1S/C18H18N2O4S/c1-19-15-9-5-6-10-17(15)24-13-11-16(18(19)21)20(12-13)25(22,23)14-7-3-2-4-8-14/h2-10,13,16H,11-12H2,1H3/t13-,16-/m0/s1. The summed E-state index contributed by atoms with van der Waals surface area (Å²) in [7, 11) is -2.11. The van der Waals surface area contributed by atoms with Crippen molar-refractivity contribution in [1.29, 1.82) is 0 Å². The van der Waals surface area contributed by atoms with Gasteiger partial charge in [0.1, 0.15) is 17.9 Å². The van der Waals surface area contributed by atoms with Crippen molar-refractivity contribution in [1.82, 2.24) is 4.31 Å². The van der Waals surface area contributed by atoms with Crippen LogP contribution in [-0.4, -0.2) is 44.4 Å². The number of carbonyl (C=O) groups excluding carboxylic acids is 1. The number of hydrogen-bond acceptors (Lipinski definition) is 4. The van der Waals surface area contributed by atoms with Gasteiger partial charge in [-0.25, -0.2) is 8.42 Å². The molecule has 0 aromatic heterocycles. The Labute approximate surface area is 146 Å². The fourth-order valence-electron chi connectivity index (χ4n) is 3.43. The van der Waals surface area contributed by atoms with Crippen LogP contribution in [0.25, 0.3) is 0 Å². The van der Waals surface area contributed by atoms with Crippen LogP contribution in [0, 0.1) is 0 Å². The molecular weight excluding hydrogens is 340 g/mol. The molecule has 6 nitrogen and oxygen atoms in total.